The second-order valence-corrected chi connectivity index (χ2v) is 8.57. The molecule has 0 aliphatic heterocycles. The number of thiophene rings is 1. The number of rotatable bonds is 4. The maximum atomic E-state index is 11.3. The van der Waals surface area contributed by atoms with Crippen LogP contribution in [-0.4, -0.2) is 13.0 Å². The molecule has 0 saturated heterocycles. The van der Waals surface area contributed by atoms with Crippen molar-refractivity contribution in [1.29, 1.82) is 0 Å². The second-order valence-electron chi connectivity index (χ2n) is 5.88. The number of hydrogen-bond donors (Lipinski definition) is 0. The SMILES string of the molecule is O=S(=O)([O-])c1ccc(-c2cc(-c3ccccc3)[o+]c(-c3ccccc3)c2)s1. The van der Waals surface area contributed by atoms with E-state index in [9.17, 15) is 13.0 Å². The van der Waals surface area contributed by atoms with E-state index in [1.807, 2.05) is 72.8 Å². The Hall–Kier alpha value is -2.80. The first-order valence-corrected chi connectivity index (χ1v) is 10.4. The van der Waals surface area contributed by atoms with Gasteiger partial charge in [-0.1, -0.05) is 36.4 Å². The molecule has 6 heteroatoms. The molecule has 0 bridgehead atoms. The van der Waals surface area contributed by atoms with E-state index in [2.05, 4.69) is 0 Å². The van der Waals surface area contributed by atoms with Gasteiger partial charge < -0.3 is 4.55 Å². The Morgan fingerprint density at radius 3 is 1.67 bits per heavy atom. The van der Waals surface area contributed by atoms with Crippen LogP contribution in [0, 0.1) is 0 Å². The van der Waals surface area contributed by atoms with E-state index in [-0.39, 0.29) is 4.21 Å². The molecular formula is C21H14O4S2. The van der Waals surface area contributed by atoms with Crippen molar-refractivity contribution in [2.75, 3.05) is 0 Å². The summed E-state index contributed by atoms with van der Waals surface area (Å²) in [5.74, 6) is 1.32. The van der Waals surface area contributed by atoms with Crippen LogP contribution in [-0.2, 0) is 10.1 Å². The van der Waals surface area contributed by atoms with Gasteiger partial charge in [0.1, 0.15) is 14.3 Å². The molecule has 0 aliphatic rings. The van der Waals surface area contributed by atoms with Crippen LogP contribution in [0.4, 0.5) is 0 Å². The summed E-state index contributed by atoms with van der Waals surface area (Å²) in [5, 5.41) is 0. The van der Waals surface area contributed by atoms with Gasteiger partial charge in [-0.3, -0.25) is 0 Å². The van der Waals surface area contributed by atoms with Gasteiger partial charge in [0, 0.05) is 10.4 Å². The predicted octanol–water partition coefficient (Wildman–Crippen LogP) is 5.53. The van der Waals surface area contributed by atoms with Gasteiger partial charge in [-0.05, 0) is 36.4 Å². The lowest BCUT2D eigenvalue weighted by Gasteiger charge is -2.02. The van der Waals surface area contributed by atoms with Gasteiger partial charge in [-0.2, -0.15) is 0 Å². The highest BCUT2D eigenvalue weighted by Crippen LogP contribution is 2.36. The van der Waals surface area contributed by atoms with Gasteiger partial charge in [0.2, 0.25) is 0 Å². The van der Waals surface area contributed by atoms with Gasteiger partial charge >= 0.3 is 11.5 Å². The Balaban J connectivity index is 1.90. The van der Waals surface area contributed by atoms with Gasteiger partial charge in [-0.15, -0.1) is 11.3 Å². The first-order chi connectivity index (χ1) is 13.0. The fourth-order valence-corrected chi connectivity index (χ4v) is 4.38. The molecule has 0 fully saturated rings. The van der Waals surface area contributed by atoms with Gasteiger partial charge in [0.25, 0.3) is 0 Å². The largest absolute Gasteiger partial charge is 0.743 e. The van der Waals surface area contributed by atoms with Crippen molar-refractivity contribution in [2.24, 2.45) is 0 Å². The molecule has 0 spiro atoms. The monoisotopic (exact) mass is 394 g/mol. The van der Waals surface area contributed by atoms with E-state index in [1.165, 1.54) is 6.07 Å². The van der Waals surface area contributed by atoms with Crippen LogP contribution in [0.3, 0.4) is 0 Å². The van der Waals surface area contributed by atoms with Crippen molar-refractivity contribution in [3.8, 4) is 33.1 Å². The highest BCUT2D eigenvalue weighted by atomic mass is 32.3. The fraction of sp³-hybridized carbons (Fsp3) is 0. The van der Waals surface area contributed by atoms with Crippen molar-refractivity contribution in [3.05, 3.63) is 84.9 Å². The summed E-state index contributed by atoms with van der Waals surface area (Å²) in [6.07, 6.45) is 0. The molecule has 4 nitrogen and oxygen atoms in total. The molecule has 2 aromatic carbocycles. The third-order valence-corrected chi connectivity index (χ3v) is 6.44. The van der Waals surface area contributed by atoms with Crippen molar-refractivity contribution in [2.45, 2.75) is 4.21 Å². The molecular weight excluding hydrogens is 380 g/mol. The van der Waals surface area contributed by atoms with Crippen molar-refractivity contribution in [1.82, 2.24) is 0 Å². The molecule has 2 heterocycles. The average molecular weight is 394 g/mol. The molecule has 4 rings (SSSR count). The third-order valence-electron chi connectivity index (χ3n) is 4.02. The minimum Gasteiger partial charge on any atom is -0.743 e. The highest BCUT2D eigenvalue weighted by molar-refractivity contribution is 7.88. The van der Waals surface area contributed by atoms with Crippen LogP contribution in [0.25, 0.3) is 33.1 Å². The minimum absolute atomic E-state index is 0.194. The predicted molar refractivity (Wildman–Crippen MR) is 105 cm³/mol. The molecule has 0 amide bonds. The van der Waals surface area contributed by atoms with E-state index in [1.54, 1.807) is 6.07 Å². The molecule has 0 aliphatic carbocycles. The lowest BCUT2D eigenvalue weighted by Crippen LogP contribution is -1.93. The summed E-state index contributed by atoms with van der Waals surface area (Å²) in [4.78, 5) is 0.689. The summed E-state index contributed by atoms with van der Waals surface area (Å²) >= 11 is 0.959. The smallest absolute Gasteiger partial charge is 0.361 e. The molecule has 4 aromatic rings. The third kappa shape index (κ3) is 3.83. The Kier molecular flexibility index (Phi) is 4.61. The van der Waals surface area contributed by atoms with Gasteiger partial charge in [-0.25, -0.2) is 12.8 Å². The topological polar surface area (TPSA) is 68.5 Å². The van der Waals surface area contributed by atoms with Crippen LogP contribution in [0.15, 0.2) is 93.6 Å². The summed E-state index contributed by atoms with van der Waals surface area (Å²) < 4.78 is 39.8. The van der Waals surface area contributed by atoms with Gasteiger partial charge in [0.05, 0.1) is 23.3 Å². The molecule has 0 unspecified atom stereocenters. The molecule has 134 valence electrons. The fourth-order valence-electron chi connectivity index (χ4n) is 2.74. The number of benzene rings is 2. The highest BCUT2D eigenvalue weighted by Gasteiger charge is 2.21. The summed E-state index contributed by atoms with van der Waals surface area (Å²) in [6.45, 7) is 0. The standard InChI is InChI=1S/C21H14O4S2/c22-27(23,24)21-12-11-20(26-21)17-13-18(15-7-3-1-4-8-15)25-19(14-17)16-9-5-2-6-10-16/h1-14H. The molecule has 0 radical (unpaired) electrons. The maximum absolute atomic E-state index is 11.3. The second kappa shape index (κ2) is 7.08. The zero-order valence-electron chi connectivity index (χ0n) is 14.0. The van der Waals surface area contributed by atoms with E-state index < -0.39 is 10.1 Å². The molecule has 2 aromatic heterocycles. The summed E-state index contributed by atoms with van der Waals surface area (Å²) in [5.41, 5.74) is 2.60. The zero-order chi connectivity index (χ0) is 18.9. The zero-order valence-corrected chi connectivity index (χ0v) is 15.7. The number of hydrogen-bond acceptors (Lipinski definition) is 4. The van der Waals surface area contributed by atoms with E-state index in [0.717, 1.165) is 28.0 Å². The Morgan fingerprint density at radius 2 is 1.22 bits per heavy atom. The van der Waals surface area contributed by atoms with Crippen molar-refractivity contribution in [3.63, 3.8) is 0 Å². The Labute approximate surface area is 161 Å². The van der Waals surface area contributed by atoms with Crippen LogP contribution >= 0.6 is 11.3 Å². The normalized spacial score (nSPS) is 11.4. The first-order valence-electron chi connectivity index (χ1n) is 8.16. The minimum atomic E-state index is -4.47. The Morgan fingerprint density at radius 1 is 0.704 bits per heavy atom. The van der Waals surface area contributed by atoms with E-state index >= 15 is 0 Å². The molecule has 0 N–H and O–H groups in total. The molecule has 0 saturated carbocycles. The van der Waals surface area contributed by atoms with E-state index in [0.29, 0.717) is 16.4 Å². The quantitative estimate of drug-likeness (QED) is 0.337. The molecule has 27 heavy (non-hydrogen) atoms. The lowest BCUT2D eigenvalue weighted by atomic mass is 10.1. The van der Waals surface area contributed by atoms with Crippen LogP contribution < -0.4 is 0 Å². The van der Waals surface area contributed by atoms with Crippen molar-refractivity contribution < 1.29 is 17.4 Å². The summed E-state index contributed by atoms with van der Waals surface area (Å²) in [7, 11) is -4.47. The van der Waals surface area contributed by atoms with Gasteiger partial charge in [0.15, 0.2) is 0 Å². The van der Waals surface area contributed by atoms with Crippen LogP contribution in [0.2, 0.25) is 0 Å². The Bertz CT molecular complexity index is 1120. The summed E-state index contributed by atoms with van der Waals surface area (Å²) in [6, 6.07) is 26.0. The average Bonchev–Trinajstić information content (AvgIpc) is 3.20. The van der Waals surface area contributed by atoms with Crippen LogP contribution in [0.1, 0.15) is 0 Å². The van der Waals surface area contributed by atoms with E-state index in [4.69, 9.17) is 4.42 Å². The lowest BCUT2D eigenvalue weighted by molar-refractivity contribution is 0.465. The molecule has 0 atom stereocenters. The first kappa shape index (κ1) is 17.6. The maximum Gasteiger partial charge on any atom is 0.361 e. The van der Waals surface area contributed by atoms with Crippen LogP contribution in [0.5, 0.6) is 0 Å². The van der Waals surface area contributed by atoms with Crippen molar-refractivity contribution >= 4 is 21.5 Å².